The SMILES string of the molecule is CC(C)Oc1ccc(-c2nc3sc(=Cc4ccc(F)cc4)c(=O)n3n2)cc1. The molecule has 0 amide bonds. The van der Waals surface area contributed by atoms with Crippen LogP contribution >= 0.6 is 11.3 Å². The summed E-state index contributed by atoms with van der Waals surface area (Å²) in [6.45, 7) is 3.94. The smallest absolute Gasteiger partial charge is 0.291 e. The Morgan fingerprint density at radius 3 is 2.44 bits per heavy atom. The summed E-state index contributed by atoms with van der Waals surface area (Å²) < 4.78 is 20.4. The third-order valence-corrected chi connectivity index (χ3v) is 4.79. The molecule has 0 atom stereocenters. The fourth-order valence-electron chi connectivity index (χ4n) is 2.62. The predicted molar refractivity (Wildman–Crippen MR) is 104 cm³/mol. The Hall–Kier alpha value is -3.06. The molecule has 2 heterocycles. The number of halogens is 1. The Labute approximate surface area is 158 Å². The van der Waals surface area contributed by atoms with Crippen molar-refractivity contribution in [2.45, 2.75) is 20.0 Å². The molecule has 7 heteroatoms. The molecule has 0 aliphatic rings. The van der Waals surface area contributed by atoms with Crippen LogP contribution < -0.4 is 14.8 Å². The van der Waals surface area contributed by atoms with Gasteiger partial charge in [-0.3, -0.25) is 4.79 Å². The van der Waals surface area contributed by atoms with E-state index in [1.807, 2.05) is 38.1 Å². The van der Waals surface area contributed by atoms with Crippen LogP contribution in [0.5, 0.6) is 5.75 Å². The Kier molecular flexibility index (Phi) is 4.45. The molecule has 4 rings (SSSR count). The summed E-state index contributed by atoms with van der Waals surface area (Å²) in [5.41, 5.74) is 1.32. The van der Waals surface area contributed by atoms with Gasteiger partial charge in [0.25, 0.3) is 5.56 Å². The number of hydrogen-bond donors (Lipinski definition) is 0. The first-order chi connectivity index (χ1) is 13.0. The van der Waals surface area contributed by atoms with E-state index in [2.05, 4.69) is 10.1 Å². The summed E-state index contributed by atoms with van der Waals surface area (Å²) in [6.07, 6.45) is 1.81. The van der Waals surface area contributed by atoms with Crippen molar-refractivity contribution >= 4 is 22.4 Å². The minimum absolute atomic E-state index is 0.103. The molecule has 0 aliphatic heterocycles. The number of fused-ring (bicyclic) bond motifs is 1. The molecule has 4 aromatic rings. The zero-order valence-electron chi connectivity index (χ0n) is 14.7. The lowest BCUT2D eigenvalue weighted by molar-refractivity contribution is 0.242. The highest BCUT2D eigenvalue weighted by Crippen LogP contribution is 2.21. The summed E-state index contributed by atoms with van der Waals surface area (Å²) in [7, 11) is 0. The molecule has 5 nitrogen and oxygen atoms in total. The number of thiazole rings is 1. The van der Waals surface area contributed by atoms with Gasteiger partial charge in [0.05, 0.1) is 10.6 Å². The van der Waals surface area contributed by atoms with E-state index >= 15 is 0 Å². The molecular formula is C20H16FN3O2S. The molecule has 0 N–H and O–H groups in total. The number of benzene rings is 2. The van der Waals surface area contributed by atoms with Crippen LogP contribution in [0.3, 0.4) is 0 Å². The van der Waals surface area contributed by atoms with Crippen LogP contribution in [0.1, 0.15) is 19.4 Å². The van der Waals surface area contributed by atoms with Gasteiger partial charge in [0.1, 0.15) is 11.6 Å². The minimum Gasteiger partial charge on any atom is -0.491 e. The van der Waals surface area contributed by atoms with E-state index in [9.17, 15) is 9.18 Å². The van der Waals surface area contributed by atoms with Gasteiger partial charge in [-0.15, -0.1) is 5.10 Å². The van der Waals surface area contributed by atoms with Crippen molar-refractivity contribution in [2.75, 3.05) is 0 Å². The minimum atomic E-state index is -0.313. The van der Waals surface area contributed by atoms with Crippen LogP contribution in [0.15, 0.2) is 53.3 Å². The lowest BCUT2D eigenvalue weighted by Gasteiger charge is -2.09. The summed E-state index contributed by atoms with van der Waals surface area (Å²) in [4.78, 5) is 17.5. The van der Waals surface area contributed by atoms with Crippen molar-refractivity contribution in [3.63, 3.8) is 0 Å². The molecule has 2 aromatic carbocycles. The van der Waals surface area contributed by atoms with Gasteiger partial charge in [-0.05, 0) is 61.9 Å². The Morgan fingerprint density at radius 2 is 1.81 bits per heavy atom. The maximum Gasteiger partial charge on any atom is 0.291 e. The summed E-state index contributed by atoms with van der Waals surface area (Å²) in [5, 5.41) is 4.33. The van der Waals surface area contributed by atoms with E-state index in [0.29, 0.717) is 15.3 Å². The summed E-state index contributed by atoms with van der Waals surface area (Å²) in [5.74, 6) is 0.949. The molecule has 0 radical (unpaired) electrons. The van der Waals surface area contributed by atoms with Crippen LogP contribution in [-0.4, -0.2) is 20.7 Å². The Bertz CT molecular complexity index is 1200. The molecule has 27 heavy (non-hydrogen) atoms. The van der Waals surface area contributed by atoms with Crippen LogP contribution in [0.25, 0.3) is 22.4 Å². The fourth-order valence-corrected chi connectivity index (χ4v) is 3.53. The van der Waals surface area contributed by atoms with Crippen molar-refractivity contribution in [2.24, 2.45) is 0 Å². The van der Waals surface area contributed by atoms with E-state index in [1.165, 1.54) is 28.0 Å². The van der Waals surface area contributed by atoms with Crippen LogP contribution in [0, 0.1) is 5.82 Å². The third-order valence-electron chi connectivity index (χ3n) is 3.83. The fraction of sp³-hybridized carbons (Fsp3) is 0.150. The van der Waals surface area contributed by atoms with E-state index < -0.39 is 0 Å². The second-order valence-corrected chi connectivity index (χ2v) is 7.30. The van der Waals surface area contributed by atoms with Crippen molar-refractivity contribution in [1.29, 1.82) is 0 Å². The Balaban J connectivity index is 1.68. The topological polar surface area (TPSA) is 56.5 Å². The molecule has 2 aromatic heterocycles. The van der Waals surface area contributed by atoms with E-state index in [1.54, 1.807) is 18.2 Å². The average Bonchev–Trinajstić information content (AvgIpc) is 3.17. The highest BCUT2D eigenvalue weighted by molar-refractivity contribution is 7.15. The van der Waals surface area contributed by atoms with Crippen molar-refractivity contribution in [3.05, 3.63) is 74.8 Å². The molecule has 136 valence electrons. The van der Waals surface area contributed by atoms with Crippen molar-refractivity contribution in [3.8, 4) is 17.1 Å². The molecule has 0 unspecified atom stereocenters. The second kappa shape index (κ2) is 6.92. The predicted octanol–water partition coefficient (Wildman–Crippen LogP) is 3.29. The monoisotopic (exact) mass is 381 g/mol. The number of ether oxygens (including phenoxy) is 1. The van der Waals surface area contributed by atoms with Gasteiger partial charge in [-0.25, -0.2) is 4.39 Å². The van der Waals surface area contributed by atoms with Crippen LogP contribution in [0.2, 0.25) is 0 Å². The number of aromatic nitrogens is 3. The van der Waals surface area contributed by atoms with Gasteiger partial charge in [-0.1, -0.05) is 23.5 Å². The first-order valence-corrected chi connectivity index (χ1v) is 9.25. The first kappa shape index (κ1) is 17.4. The first-order valence-electron chi connectivity index (χ1n) is 8.43. The number of nitrogens with zero attached hydrogens (tertiary/aromatic N) is 3. The van der Waals surface area contributed by atoms with E-state index in [-0.39, 0.29) is 17.5 Å². The van der Waals surface area contributed by atoms with Crippen LogP contribution in [0.4, 0.5) is 4.39 Å². The molecule has 0 spiro atoms. The lowest BCUT2D eigenvalue weighted by atomic mass is 10.2. The summed E-state index contributed by atoms with van der Waals surface area (Å²) >= 11 is 1.25. The maximum atomic E-state index is 13.0. The lowest BCUT2D eigenvalue weighted by Crippen LogP contribution is -2.23. The molecule has 0 fully saturated rings. The van der Waals surface area contributed by atoms with Gasteiger partial charge < -0.3 is 4.74 Å². The maximum absolute atomic E-state index is 13.0. The number of hydrogen-bond acceptors (Lipinski definition) is 5. The standard InChI is InChI=1S/C20H16FN3O2S/c1-12(2)26-16-9-5-14(6-10-16)18-22-20-24(23-18)19(25)17(27-20)11-13-3-7-15(21)8-4-13/h3-12H,1-2H3. The molecular weight excluding hydrogens is 365 g/mol. The average molecular weight is 381 g/mol. The third kappa shape index (κ3) is 3.59. The van der Waals surface area contributed by atoms with Gasteiger partial charge in [0.2, 0.25) is 4.96 Å². The van der Waals surface area contributed by atoms with Crippen LogP contribution in [-0.2, 0) is 0 Å². The largest absolute Gasteiger partial charge is 0.491 e. The quantitative estimate of drug-likeness (QED) is 0.544. The zero-order valence-corrected chi connectivity index (χ0v) is 15.5. The van der Waals surface area contributed by atoms with E-state index in [4.69, 9.17) is 4.74 Å². The molecule has 0 aliphatic carbocycles. The van der Waals surface area contributed by atoms with Gasteiger partial charge in [0.15, 0.2) is 5.82 Å². The molecule has 0 saturated heterocycles. The van der Waals surface area contributed by atoms with Crippen molar-refractivity contribution < 1.29 is 9.13 Å². The Morgan fingerprint density at radius 1 is 1.11 bits per heavy atom. The number of rotatable bonds is 4. The molecule has 0 saturated carbocycles. The van der Waals surface area contributed by atoms with E-state index in [0.717, 1.165) is 16.9 Å². The zero-order chi connectivity index (χ0) is 19.0. The second-order valence-electron chi connectivity index (χ2n) is 6.29. The normalized spacial score (nSPS) is 12.2. The highest BCUT2D eigenvalue weighted by atomic mass is 32.1. The van der Waals surface area contributed by atoms with Gasteiger partial charge >= 0.3 is 0 Å². The molecule has 0 bridgehead atoms. The van der Waals surface area contributed by atoms with Gasteiger partial charge in [-0.2, -0.15) is 9.50 Å². The van der Waals surface area contributed by atoms with Gasteiger partial charge in [0, 0.05) is 5.56 Å². The highest BCUT2D eigenvalue weighted by Gasteiger charge is 2.12. The summed E-state index contributed by atoms with van der Waals surface area (Å²) in [6, 6.07) is 13.4. The van der Waals surface area contributed by atoms with Crippen molar-refractivity contribution in [1.82, 2.24) is 14.6 Å².